The van der Waals surface area contributed by atoms with Crippen molar-refractivity contribution in [3.63, 3.8) is 0 Å². The minimum absolute atomic E-state index is 0.294. The number of H-pyrrole nitrogens is 1. The number of nitrogens with two attached hydrogens (primary N) is 1. The molecule has 0 saturated carbocycles. The molecule has 0 spiro atoms. The highest BCUT2D eigenvalue weighted by molar-refractivity contribution is 6.31. The van der Waals surface area contributed by atoms with Crippen molar-refractivity contribution in [1.29, 1.82) is 0 Å². The van der Waals surface area contributed by atoms with Crippen LogP contribution < -0.4 is 16.6 Å². The molecule has 1 aromatic heterocycles. The van der Waals surface area contributed by atoms with Gasteiger partial charge in [0.2, 0.25) is 0 Å². The Balaban J connectivity index is 0.00000127. The van der Waals surface area contributed by atoms with Crippen LogP contribution in [0.15, 0.2) is 41.1 Å². The number of halogens is 1. The van der Waals surface area contributed by atoms with Gasteiger partial charge in [-0.05, 0) is 32.0 Å². The van der Waals surface area contributed by atoms with Gasteiger partial charge in [0.1, 0.15) is 0 Å². The minimum Gasteiger partial charge on any atom is -0.382 e. The van der Waals surface area contributed by atoms with E-state index in [4.69, 9.17) is 17.3 Å². The number of hydrogen-bond donors (Lipinski definition) is 4. The van der Waals surface area contributed by atoms with Crippen LogP contribution in [0.5, 0.6) is 0 Å². The van der Waals surface area contributed by atoms with E-state index in [9.17, 15) is 4.79 Å². The Bertz CT molecular complexity index is 773. The lowest BCUT2D eigenvalue weighted by atomic mass is 10.1. The number of hydrogen-bond acceptors (Lipinski definition) is 4. The van der Waals surface area contributed by atoms with E-state index < -0.39 is 0 Å². The predicted octanol–water partition coefficient (Wildman–Crippen LogP) is 2.68. The topological polar surface area (TPSA) is 95.8 Å². The van der Waals surface area contributed by atoms with E-state index in [0.29, 0.717) is 27.5 Å². The molecule has 6 nitrogen and oxygen atoms in total. The van der Waals surface area contributed by atoms with E-state index in [1.54, 1.807) is 30.4 Å². The molecule has 1 aromatic carbocycles. The molecule has 1 heterocycles. The number of amides is 1. The first kappa shape index (κ1) is 18.1. The Morgan fingerprint density at radius 2 is 2.00 bits per heavy atom. The summed E-state index contributed by atoms with van der Waals surface area (Å²) in [4.78, 5) is 12.1. The summed E-state index contributed by atoms with van der Waals surface area (Å²) in [5.74, 6) is 0.0659. The smallest absolute Gasteiger partial charge is 0.269 e. The number of fused-ring (bicyclic) bond motifs is 1. The first-order valence-corrected chi connectivity index (χ1v) is 7.06. The minimum atomic E-state index is -0.294. The van der Waals surface area contributed by atoms with Crippen molar-refractivity contribution in [1.82, 2.24) is 21.0 Å². The number of carbonyl (C=O) groups is 1. The fraction of sp³-hybridized carbons (Fsp3) is 0.125. The number of terminal acetylenes is 1. The molecule has 0 aliphatic carbocycles. The Kier molecular flexibility index (Phi) is 6.71. The predicted molar refractivity (Wildman–Crippen MR) is 94.4 cm³/mol. The molecule has 0 atom stereocenters. The molecule has 1 amide bonds. The van der Waals surface area contributed by atoms with Gasteiger partial charge in [-0.1, -0.05) is 23.8 Å². The number of aromatic nitrogens is 2. The van der Waals surface area contributed by atoms with Crippen molar-refractivity contribution in [2.45, 2.75) is 13.8 Å². The summed E-state index contributed by atoms with van der Waals surface area (Å²) in [7, 11) is 0. The van der Waals surface area contributed by atoms with Crippen LogP contribution in [0, 0.1) is 12.8 Å². The molecule has 0 radical (unpaired) electrons. The maximum absolute atomic E-state index is 12.1. The molecular weight excluding hydrogens is 314 g/mol. The maximum atomic E-state index is 12.1. The van der Waals surface area contributed by atoms with Crippen LogP contribution in [0.25, 0.3) is 10.9 Å². The van der Waals surface area contributed by atoms with E-state index in [0.717, 1.165) is 5.52 Å². The van der Waals surface area contributed by atoms with Crippen LogP contribution in [0.1, 0.15) is 24.2 Å². The number of hydrazine groups is 1. The van der Waals surface area contributed by atoms with Crippen LogP contribution in [-0.4, -0.2) is 16.1 Å². The summed E-state index contributed by atoms with van der Waals surface area (Å²) >= 11 is 6.00. The van der Waals surface area contributed by atoms with Crippen LogP contribution >= 0.6 is 11.6 Å². The Hall–Kier alpha value is -2.91. The summed E-state index contributed by atoms with van der Waals surface area (Å²) in [6, 6.07) is 5.12. The fourth-order valence-electron chi connectivity index (χ4n) is 1.80. The second-order valence-corrected chi connectivity index (χ2v) is 4.69. The van der Waals surface area contributed by atoms with Crippen molar-refractivity contribution in [3.8, 4) is 12.8 Å². The first-order chi connectivity index (χ1) is 11.1. The van der Waals surface area contributed by atoms with E-state index in [-0.39, 0.29) is 5.91 Å². The molecule has 0 aliphatic heterocycles. The van der Waals surface area contributed by atoms with Crippen LogP contribution in [0.2, 0.25) is 0 Å². The van der Waals surface area contributed by atoms with Gasteiger partial charge in [0.25, 0.3) is 5.91 Å². The largest absolute Gasteiger partial charge is 0.382 e. The molecule has 120 valence electrons. The zero-order valence-electron chi connectivity index (χ0n) is 12.9. The summed E-state index contributed by atoms with van der Waals surface area (Å²) in [6.07, 6.45) is 11.5. The van der Waals surface area contributed by atoms with Crippen molar-refractivity contribution >= 4 is 34.2 Å². The number of carbonyl (C=O) groups excluding carboxylic acids is 1. The number of allylic oxidation sites excluding steroid dienone is 3. The quantitative estimate of drug-likeness (QED) is 0.393. The van der Waals surface area contributed by atoms with E-state index in [1.807, 2.05) is 13.8 Å². The molecule has 5 N–H and O–H groups in total. The van der Waals surface area contributed by atoms with Gasteiger partial charge < -0.3 is 5.73 Å². The molecule has 23 heavy (non-hydrogen) atoms. The number of benzene rings is 1. The van der Waals surface area contributed by atoms with Crippen molar-refractivity contribution in [2.75, 3.05) is 5.73 Å². The molecule has 0 bridgehead atoms. The third-order valence-electron chi connectivity index (χ3n) is 2.96. The Morgan fingerprint density at radius 1 is 1.30 bits per heavy atom. The molecule has 0 fully saturated rings. The normalized spacial score (nSPS) is 11.5. The van der Waals surface area contributed by atoms with Gasteiger partial charge in [-0.15, -0.1) is 12.8 Å². The molecular formula is C16H18ClN5O. The van der Waals surface area contributed by atoms with E-state index in [1.165, 1.54) is 0 Å². The first-order valence-electron chi connectivity index (χ1n) is 6.68. The average molecular weight is 332 g/mol. The standard InChI is InChI=1S/C14H16ClN5O.C2H2/c1-3-10(15)11(4-2)17-20-14(21)8-5-6-12-9(7-8)13(16)19-18-12;1-2/h3-7,17H,1-2H3,(H,20,21)(H3,16,18,19);1-2H/b10-3+,11-4+;. The van der Waals surface area contributed by atoms with E-state index in [2.05, 4.69) is 33.9 Å². The van der Waals surface area contributed by atoms with Gasteiger partial charge in [0.05, 0.1) is 16.2 Å². The molecule has 2 rings (SSSR count). The third kappa shape index (κ3) is 4.28. The number of rotatable bonds is 4. The second-order valence-electron chi connectivity index (χ2n) is 4.29. The average Bonchev–Trinajstić information content (AvgIpc) is 2.97. The van der Waals surface area contributed by atoms with Gasteiger partial charge in [-0.2, -0.15) is 5.10 Å². The maximum Gasteiger partial charge on any atom is 0.269 e. The van der Waals surface area contributed by atoms with Crippen LogP contribution in [-0.2, 0) is 0 Å². The number of nitrogen functional groups attached to an aromatic ring is 1. The summed E-state index contributed by atoms with van der Waals surface area (Å²) in [5.41, 5.74) is 13.0. The number of nitrogens with one attached hydrogen (secondary N) is 3. The van der Waals surface area contributed by atoms with Gasteiger partial charge in [-0.3, -0.25) is 20.7 Å². The number of nitrogens with zero attached hydrogens (tertiary/aromatic N) is 1. The highest BCUT2D eigenvalue weighted by Crippen LogP contribution is 2.19. The summed E-state index contributed by atoms with van der Waals surface area (Å²) in [6.45, 7) is 3.63. The third-order valence-corrected chi connectivity index (χ3v) is 3.39. The molecule has 7 heteroatoms. The Labute approximate surface area is 139 Å². The lowest BCUT2D eigenvalue weighted by Gasteiger charge is -2.11. The lowest BCUT2D eigenvalue weighted by molar-refractivity contribution is 0.0939. The summed E-state index contributed by atoms with van der Waals surface area (Å²) < 4.78 is 0. The number of aromatic amines is 1. The Morgan fingerprint density at radius 3 is 2.61 bits per heavy atom. The molecule has 2 aromatic rings. The second kappa shape index (κ2) is 8.51. The van der Waals surface area contributed by atoms with Gasteiger partial charge in [-0.25, -0.2) is 0 Å². The van der Waals surface area contributed by atoms with E-state index >= 15 is 0 Å². The van der Waals surface area contributed by atoms with Crippen molar-refractivity contribution < 1.29 is 4.79 Å². The van der Waals surface area contributed by atoms with Gasteiger partial charge in [0, 0.05) is 10.9 Å². The van der Waals surface area contributed by atoms with Gasteiger partial charge >= 0.3 is 0 Å². The number of anilines is 1. The monoisotopic (exact) mass is 331 g/mol. The van der Waals surface area contributed by atoms with Crippen LogP contribution in [0.4, 0.5) is 5.82 Å². The van der Waals surface area contributed by atoms with Crippen LogP contribution in [0.3, 0.4) is 0 Å². The van der Waals surface area contributed by atoms with Gasteiger partial charge in [0.15, 0.2) is 5.82 Å². The lowest BCUT2D eigenvalue weighted by Crippen LogP contribution is -2.36. The fourth-order valence-corrected chi connectivity index (χ4v) is 1.95. The van der Waals surface area contributed by atoms with Crippen molar-refractivity contribution in [2.24, 2.45) is 0 Å². The highest BCUT2D eigenvalue weighted by Gasteiger charge is 2.10. The molecule has 0 saturated heterocycles. The zero-order chi connectivity index (χ0) is 17.4. The highest BCUT2D eigenvalue weighted by atomic mass is 35.5. The summed E-state index contributed by atoms with van der Waals surface area (Å²) in [5, 5.41) is 7.90. The zero-order valence-corrected chi connectivity index (χ0v) is 13.6. The van der Waals surface area contributed by atoms with Crippen molar-refractivity contribution in [3.05, 3.63) is 46.6 Å². The molecule has 0 unspecified atom stereocenters. The molecule has 0 aliphatic rings. The SMILES string of the molecule is C#C.C/C=C(Cl)\C(=C/C)NNC(=O)c1ccc2[nH]nc(N)c2c1.